The van der Waals surface area contributed by atoms with E-state index in [0.717, 1.165) is 41.2 Å². The van der Waals surface area contributed by atoms with Crippen molar-refractivity contribution in [3.8, 4) is 0 Å². The average Bonchev–Trinajstić information content (AvgIpc) is 3.32. The van der Waals surface area contributed by atoms with Crippen molar-refractivity contribution in [3.05, 3.63) is 70.3 Å². The zero-order chi connectivity index (χ0) is 17.8. The normalized spacial score (nSPS) is 13.7. The molecule has 1 N–H and O–H groups in total. The predicted molar refractivity (Wildman–Crippen MR) is 102 cm³/mol. The predicted octanol–water partition coefficient (Wildman–Crippen LogP) is 4.30. The van der Waals surface area contributed by atoms with E-state index in [0.29, 0.717) is 6.54 Å². The summed E-state index contributed by atoms with van der Waals surface area (Å²) in [6, 6.07) is 7.46. The molecule has 5 nitrogen and oxygen atoms in total. The van der Waals surface area contributed by atoms with Gasteiger partial charge < -0.3 is 9.73 Å². The highest BCUT2D eigenvalue weighted by atomic mass is 32.1. The van der Waals surface area contributed by atoms with Crippen LogP contribution in [0.4, 0.5) is 5.00 Å². The molecule has 1 amide bonds. The lowest BCUT2D eigenvalue weighted by molar-refractivity contribution is 0.0948. The number of hydrogen-bond acceptors (Lipinski definition) is 5. The Morgan fingerprint density at radius 3 is 2.92 bits per heavy atom. The van der Waals surface area contributed by atoms with Crippen LogP contribution in [0, 0.1) is 0 Å². The summed E-state index contributed by atoms with van der Waals surface area (Å²) in [6.45, 7) is 0.379. The van der Waals surface area contributed by atoms with Crippen molar-refractivity contribution in [2.75, 3.05) is 0 Å². The standard InChI is InChI=1S/C20H19N3O2S/c24-19(22-13-15-4-3-11-25-15)18-16-5-1-2-6-17(16)26-20(18)23-12-14-7-9-21-10-8-14/h3-4,7-12H,1-2,5-6,13H2,(H,22,24). The second-order valence-electron chi connectivity index (χ2n) is 6.19. The Kier molecular flexibility index (Phi) is 4.93. The summed E-state index contributed by atoms with van der Waals surface area (Å²) in [7, 11) is 0. The van der Waals surface area contributed by atoms with Crippen LogP contribution in [0.5, 0.6) is 0 Å². The second kappa shape index (κ2) is 7.66. The van der Waals surface area contributed by atoms with Crippen molar-refractivity contribution in [1.29, 1.82) is 0 Å². The highest BCUT2D eigenvalue weighted by molar-refractivity contribution is 7.16. The number of nitrogens with zero attached hydrogens (tertiary/aromatic N) is 2. The summed E-state index contributed by atoms with van der Waals surface area (Å²) in [5.74, 6) is 0.659. The molecule has 0 unspecified atom stereocenters. The minimum atomic E-state index is -0.0809. The topological polar surface area (TPSA) is 67.5 Å². The van der Waals surface area contributed by atoms with E-state index in [9.17, 15) is 4.79 Å². The number of aliphatic imine (C=N–C) groups is 1. The van der Waals surface area contributed by atoms with Gasteiger partial charge in [-0.1, -0.05) is 0 Å². The Morgan fingerprint density at radius 2 is 2.12 bits per heavy atom. The fourth-order valence-corrected chi connectivity index (χ4v) is 4.36. The van der Waals surface area contributed by atoms with Gasteiger partial charge in [0.2, 0.25) is 0 Å². The van der Waals surface area contributed by atoms with Crippen molar-refractivity contribution in [1.82, 2.24) is 10.3 Å². The number of carbonyl (C=O) groups is 1. The van der Waals surface area contributed by atoms with Crippen LogP contribution in [-0.4, -0.2) is 17.1 Å². The molecule has 3 aromatic heterocycles. The highest BCUT2D eigenvalue weighted by Gasteiger charge is 2.25. The zero-order valence-corrected chi connectivity index (χ0v) is 15.1. The van der Waals surface area contributed by atoms with Gasteiger partial charge in [0, 0.05) is 23.5 Å². The fourth-order valence-electron chi connectivity index (χ4n) is 3.13. The summed E-state index contributed by atoms with van der Waals surface area (Å²) in [6.07, 6.45) is 11.1. The lowest BCUT2D eigenvalue weighted by Crippen LogP contribution is -2.23. The van der Waals surface area contributed by atoms with Crippen molar-refractivity contribution < 1.29 is 9.21 Å². The largest absolute Gasteiger partial charge is 0.467 e. The first kappa shape index (κ1) is 16.7. The van der Waals surface area contributed by atoms with Crippen LogP contribution in [0.15, 0.2) is 52.3 Å². The van der Waals surface area contributed by atoms with Crippen molar-refractivity contribution in [2.45, 2.75) is 32.2 Å². The molecule has 3 aromatic rings. The molecular formula is C20H19N3O2S. The second-order valence-corrected chi connectivity index (χ2v) is 7.28. The molecule has 0 spiro atoms. The maximum atomic E-state index is 12.9. The first-order valence-electron chi connectivity index (χ1n) is 8.70. The van der Waals surface area contributed by atoms with Crippen LogP contribution in [-0.2, 0) is 19.4 Å². The Morgan fingerprint density at radius 1 is 1.27 bits per heavy atom. The van der Waals surface area contributed by atoms with Gasteiger partial charge in [0.1, 0.15) is 10.8 Å². The van der Waals surface area contributed by atoms with Crippen LogP contribution in [0.25, 0.3) is 0 Å². The lowest BCUT2D eigenvalue weighted by Gasteiger charge is -2.12. The number of pyridine rings is 1. The molecule has 0 aromatic carbocycles. The smallest absolute Gasteiger partial charge is 0.255 e. The van der Waals surface area contributed by atoms with E-state index in [4.69, 9.17) is 4.42 Å². The molecule has 0 radical (unpaired) electrons. The molecule has 1 aliphatic carbocycles. The quantitative estimate of drug-likeness (QED) is 0.686. The fraction of sp³-hybridized carbons (Fsp3) is 0.250. The molecular weight excluding hydrogens is 346 g/mol. The molecule has 0 saturated carbocycles. The number of aryl methyl sites for hydroxylation is 1. The van der Waals surface area contributed by atoms with E-state index >= 15 is 0 Å². The minimum absolute atomic E-state index is 0.0809. The molecule has 3 heterocycles. The van der Waals surface area contributed by atoms with Crippen molar-refractivity contribution >= 4 is 28.5 Å². The number of carbonyl (C=O) groups excluding carboxylic acids is 1. The molecule has 0 aliphatic heterocycles. The third-order valence-corrected chi connectivity index (χ3v) is 5.62. The van der Waals surface area contributed by atoms with E-state index in [1.807, 2.05) is 24.3 Å². The van der Waals surface area contributed by atoms with Crippen LogP contribution in [0.2, 0.25) is 0 Å². The Bertz CT molecular complexity index is 914. The number of aromatic nitrogens is 1. The molecule has 26 heavy (non-hydrogen) atoms. The Balaban J connectivity index is 1.62. The van der Waals surface area contributed by atoms with Crippen molar-refractivity contribution in [3.63, 3.8) is 0 Å². The molecule has 4 rings (SSSR count). The Labute approximate surface area is 155 Å². The maximum absolute atomic E-state index is 12.9. The zero-order valence-electron chi connectivity index (χ0n) is 14.3. The molecule has 132 valence electrons. The summed E-state index contributed by atoms with van der Waals surface area (Å²) < 4.78 is 5.30. The van der Waals surface area contributed by atoms with Gasteiger partial charge in [-0.3, -0.25) is 9.78 Å². The number of nitrogens with one attached hydrogen (secondary N) is 1. The molecule has 0 bridgehead atoms. The molecule has 0 saturated heterocycles. The van der Waals surface area contributed by atoms with Gasteiger partial charge in [0.05, 0.1) is 18.4 Å². The third kappa shape index (κ3) is 3.60. The molecule has 0 fully saturated rings. The summed E-state index contributed by atoms with van der Waals surface area (Å²) in [4.78, 5) is 22.8. The van der Waals surface area contributed by atoms with Gasteiger partial charge in [-0.05, 0) is 61.1 Å². The summed E-state index contributed by atoms with van der Waals surface area (Å²) in [5.41, 5.74) is 2.86. The lowest BCUT2D eigenvalue weighted by atomic mass is 9.95. The monoisotopic (exact) mass is 365 g/mol. The highest BCUT2D eigenvalue weighted by Crippen LogP contribution is 2.39. The van der Waals surface area contributed by atoms with Gasteiger partial charge in [-0.2, -0.15) is 0 Å². The van der Waals surface area contributed by atoms with E-state index in [1.54, 1.807) is 36.2 Å². The molecule has 0 atom stereocenters. The van der Waals surface area contributed by atoms with Crippen LogP contribution < -0.4 is 5.32 Å². The van der Waals surface area contributed by atoms with Gasteiger partial charge in [0.15, 0.2) is 0 Å². The van der Waals surface area contributed by atoms with Gasteiger partial charge in [-0.25, -0.2) is 4.99 Å². The van der Waals surface area contributed by atoms with Crippen molar-refractivity contribution in [2.24, 2.45) is 4.99 Å². The summed E-state index contributed by atoms with van der Waals surface area (Å²) >= 11 is 1.64. The number of thiophene rings is 1. The molecule has 1 aliphatic rings. The number of furan rings is 1. The van der Waals surface area contributed by atoms with E-state index in [2.05, 4.69) is 15.3 Å². The van der Waals surface area contributed by atoms with Crippen LogP contribution in [0.1, 0.15) is 45.0 Å². The van der Waals surface area contributed by atoms with Crippen LogP contribution >= 0.6 is 11.3 Å². The van der Waals surface area contributed by atoms with E-state index in [1.165, 1.54) is 16.9 Å². The third-order valence-electron chi connectivity index (χ3n) is 4.42. The first-order chi connectivity index (χ1) is 12.8. The number of hydrogen-bond donors (Lipinski definition) is 1. The van der Waals surface area contributed by atoms with Gasteiger partial charge >= 0.3 is 0 Å². The molecule has 6 heteroatoms. The number of fused-ring (bicyclic) bond motifs is 1. The average molecular weight is 365 g/mol. The van der Waals surface area contributed by atoms with E-state index in [-0.39, 0.29) is 5.91 Å². The summed E-state index contributed by atoms with van der Waals surface area (Å²) in [5, 5.41) is 3.75. The minimum Gasteiger partial charge on any atom is -0.467 e. The van der Waals surface area contributed by atoms with Gasteiger partial charge in [-0.15, -0.1) is 11.3 Å². The van der Waals surface area contributed by atoms with Crippen LogP contribution in [0.3, 0.4) is 0 Å². The number of amides is 1. The van der Waals surface area contributed by atoms with Gasteiger partial charge in [0.25, 0.3) is 5.91 Å². The van der Waals surface area contributed by atoms with E-state index < -0.39 is 0 Å². The number of rotatable bonds is 5. The SMILES string of the molecule is O=C(NCc1ccco1)c1c(N=Cc2ccncc2)sc2c1CCCC2. The maximum Gasteiger partial charge on any atom is 0.255 e. The first-order valence-corrected chi connectivity index (χ1v) is 9.52. The Hall–Kier alpha value is -2.73.